The molecule has 0 aromatic carbocycles. The van der Waals surface area contributed by atoms with Crippen molar-refractivity contribution in [3.63, 3.8) is 0 Å². The lowest BCUT2D eigenvalue weighted by molar-refractivity contribution is -0.137. The molecule has 0 amide bonds. The molecule has 4 heteroatoms. The summed E-state index contributed by atoms with van der Waals surface area (Å²) in [6.45, 7) is 8.63. The molecule has 8 atom stereocenters. The fraction of sp³-hybridized carbons (Fsp3) is 0.913. The summed E-state index contributed by atoms with van der Waals surface area (Å²) in [5, 5.41) is 19.3. The van der Waals surface area contributed by atoms with E-state index in [1.165, 1.54) is 0 Å². The van der Waals surface area contributed by atoms with Crippen molar-refractivity contribution in [3.05, 3.63) is 0 Å². The van der Waals surface area contributed by atoms with Gasteiger partial charge in [0.2, 0.25) is 0 Å². The Morgan fingerprint density at radius 2 is 1.93 bits per heavy atom. The van der Waals surface area contributed by atoms with Crippen LogP contribution < -0.4 is 0 Å². The van der Waals surface area contributed by atoms with Crippen LogP contribution in [-0.4, -0.2) is 34.5 Å². The Morgan fingerprint density at radius 1 is 1.22 bits per heavy atom. The fourth-order valence-corrected chi connectivity index (χ4v) is 6.83. The second kappa shape index (κ2) is 7.59. The number of aliphatic hydroxyl groups is 2. The van der Waals surface area contributed by atoms with E-state index in [2.05, 4.69) is 13.8 Å². The van der Waals surface area contributed by atoms with Gasteiger partial charge < -0.3 is 10.2 Å². The first-order chi connectivity index (χ1) is 12.6. The molecule has 4 nitrogen and oxygen atoms in total. The van der Waals surface area contributed by atoms with Crippen molar-refractivity contribution >= 4 is 11.6 Å². The van der Waals surface area contributed by atoms with E-state index < -0.39 is 0 Å². The maximum Gasteiger partial charge on any atom is 0.137 e. The van der Waals surface area contributed by atoms with Gasteiger partial charge in [-0.3, -0.25) is 9.59 Å². The Bertz CT molecular complexity index is 587. The van der Waals surface area contributed by atoms with E-state index in [4.69, 9.17) is 0 Å². The second-order valence-corrected chi connectivity index (χ2v) is 10.6. The van der Waals surface area contributed by atoms with Crippen LogP contribution in [0.15, 0.2) is 0 Å². The van der Waals surface area contributed by atoms with Crippen LogP contribution in [0.5, 0.6) is 0 Å². The summed E-state index contributed by atoms with van der Waals surface area (Å²) in [5.41, 5.74) is 0.0871. The van der Waals surface area contributed by atoms with Gasteiger partial charge in [-0.25, -0.2) is 0 Å². The van der Waals surface area contributed by atoms with Gasteiger partial charge in [-0.05, 0) is 67.1 Å². The van der Waals surface area contributed by atoms with Gasteiger partial charge >= 0.3 is 0 Å². The smallest absolute Gasteiger partial charge is 0.137 e. The summed E-state index contributed by atoms with van der Waals surface area (Å²) in [6, 6.07) is 0. The molecule has 0 unspecified atom stereocenters. The third kappa shape index (κ3) is 3.76. The first-order valence-corrected chi connectivity index (χ1v) is 10.9. The lowest BCUT2D eigenvalue weighted by Gasteiger charge is -2.56. The van der Waals surface area contributed by atoms with E-state index in [9.17, 15) is 19.8 Å². The zero-order valence-electron chi connectivity index (χ0n) is 17.5. The van der Waals surface area contributed by atoms with Crippen molar-refractivity contribution in [1.82, 2.24) is 0 Å². The van der Waals surface area contributed by atoms with Crippen molar-refractivity contribution in [1.29, 1.82) is 0 Å². The molecule has 0 aromatic rings. The SMILES string of the molecule is C[C@@H](CO)CCC(=O)[C@H](C)[C@@H]1C(=O)C[C@H]2C[C@H]3C[C@@H](O)CC[C@@]3(C)C[C@@]21C. The number of carbonyl (C=O) groups excluding carboxylic acids is 2. The van der Waals surface area contributed by atoms with E-state index in [0.29, 0.717) is 31.1 Å². The van der Waals surface area contributed by atoms with Crippen molar-refractivity contribution < 1.29 is 19.8 Å². The summed E-state index contributed by atoms with van der Waals surface area (Å²) >= 11 is 0. The van der Waals surface area contributed by atoms with Gasteiger partial charge in [-0.15, -0.1) is 0 Å². The van der Waals surface area contributed by atoms with Crippen LogP contribution >= 0.6 is 0 Å². The standard InChI is InChI=1S/C23H38O4/c1-14(12-24)5-6-19(26)15(2)21-20(27)11-17-9-16-10-18(25)7-8-22(16,3)13-23(17,21)4/h14-18,21,24-25H,5-13H2,1-4H3/t14-,15+,16+,17-,18+,21-,22+,23+/m1/s1. The lowest BCUT2D eigenvalue weighted by atomic mass is 9.48. The maximum absolute atomic E-state index is 13.0. The molecule has 0 bridgehead atoms. The van der Waals surface area contributed by atoms with Gasteiger partial charge in [0.15, 0.2) is 0 Å². The monoisotopic (exact) mass is 378 g/mol. The molecule has 0 spiro atoms. The molecule has 0 aliphatic heterocycles. The third-order valence-corrected chi connectivity index (χ3v) is 8.59. The van der Waals surface area contributed by atoms with Crippen molar-refractivity contribution in [2.75, 3.05) is 6.61 Å². The molecule has 3 rings (SSSR count). The molecule has 3 fully saturated rings. The first-order valence-electron chi connectivity index (χ1n) is 10.9. The van der Waals surface area contributed by atoms with Crippen LogP contribution in [0, 0.1) is 40.4 Å². The van der Waals surface area contributed by atoms with Gasteiger partial charge in [0, 0.05) is 31.3 Å². The molecule has 2 N–H and O–H groups in total. The Morgan fingerprint density at radius 3 is 2.59 bits per heavy atom. The van der Waals surface area contributed by atoms with E-state index in [-0.39, 0.29) is 52.9 Å². The van der Waals surface area contributed by atoms with E-state index in [1.807, 2.05) is 13.8 Å². The van der Waals surface area contributed by atoms with Gasteiger partial charge in [0.25, 0.3) is 0 Å². The number of hydrogen-bond donors (Lipinski definition) is 2. The highest BCUT2D eigenvalue weighted by atomic mass is 16.3. The molecule has 3 aliphatic rings. The normalized spacial score (nSPS) is 43.7. The largest absolute Gasteiger partial charge is 0.396 e. The third-order valence-electron chi connectivity index (χ3n) is 8.59. The van der Waals surface area contributed by atoms with Gasteiger partial charge in [0.05, 0.1) is 6.10 Å². The highest BCUT2D eigenvalue weighted by molar-refractivity contribution is 5.92. The molecule has 27 heavy (non-hydrogen) atoms. The van der Waals surface area contributed by atoms with Crippen LogP contribution in [0.1, 0.15) is 79.1 Å². The first kappa shape index (κ1) is 21.0. The summed E-state index contributed by atoms with van der Waals surface area (Å²) in [6.07, 6.45) is 6.35. The number of aliphatic hydroxyl groups excluding tert-OH is 2. The highest BCUT2D eigenvalue weighted by Crippen LogP contribution is 2.65. The average Bonchev–Trinajstić information content (AvgIpc) is 2.85. The number of hydrogen-bond acceptors (Lipinski definition) is 4. The zero-order chi connectivity index (χ0) is 20.0. The Kier molecular flexibility index (Phi) is 5.90. The van der Waals surface area contributed by atoms with Crippen molar-refractivity contribution in [3.8, 4) is 0 Å². The van der Waals surface area contributed by atoms with Crippen LogP contribution in [0.4, 0.5) is 0 Å². The van der Waals surface area contributed by atoms with Gasteiger partial charge in [-0.1, -0.05) is 27.7 Å². The molecular weight excluding hydrogens is 340 g/mol. The number of carbonyl (C=O) groups is 2. The van der Waals surface area contributed by atoms with E-state index >= 15 is 0 Å². The van der Waals surface area contributed by atoms with E-state index in [0.717, 1.165) is 32.1 Å². The van der Waals surface area contributed by atoms with Crippen molar-refractivity contribution in [2.24, 2.45) is 40.4 Å². The van der Waals surface area contributed by atoms with E-state index in [1.54, 1.807) is 0 Å². The minimum absolute atomic E-state index is 0.0949. The predicted octanol–water partition coefficient (Wildman–Crippen LogP) is 3.77. The lowest BCUT2D eigenvalue weighted by Crippen LogP contribution is -2.50. The van der Waals surface area contributed by atoms with Crippen LogP contribution in [0.25, 0.3) is 0 Å². The molecule has 0 radical (unpaired) electrons. The van der Waals surface area contributed by atoms with Gasteiger partial charge in [0.1, 0.15) is 11.6 Å². The number of ketones is 2. The summed E-state index contributed by atoms with van der Waals surface area (Å²) in [7, 11) is 0. The summed E-state index contributed by atoms with van der Waals surface area (Å²) in [5.74, 6) is 1.05. The maximum atomic E-state index is 13.0. The number of fused-ring (bicyclic) bond motifs is 2. The second-order valence-electron chi connectivity index (χ2n) is 10.6. The Hall–Kier alpha value is -0.740. The molecule has 154 valence electrons. The van der Waals surface area contributed by atoms with Gasteiger partial charge in [-0.2, -0.15) is 0 Å². The Balaban J connectivity index is 1.77. The highest BCUT2D eigenvalue weighted by Gasteiger charge is 2.61. The number of rotatable bonds is 6. The molecule has 0 aromatic heterocycles. The molecule has 3 saturated carbocycles. The van der Waals surface area contributed by atoms with Crippen LogP contribution in [0.3, 0.4) is 0 Å². The topological polar surface area (TPSA) is 74.6 Å². The quantitative estimate of drug-likeness (QED) is 0.738. The number of Topliss-reactive ketones (excluding diaryl/α,β-unsaturated/α-hetero) is 2. The molecule has 0 heterocycles. The molecular formula is C23H38O4. The fourth-order valence-electron chi connectivity index (χ4n) is 6.83. The Labute approximate surface area is 164 Å². The average molecular weight is 379 g/mol. The van der Waals surface area contributed by atoms with Crippen molar-refractivity contribution in [2.45, 2.75) is 85.2 Å². The summed E-state index contributed by atoms with van der Waals surface area (Å²) < 4.78 is 0. The van der Waals surface area contributed by atoms with Crippen LogP contribution in [0.2, 0.25) is 0 Å². The van der Waals surface area contributed by atoms with Crippen LogP contribution in [-0.2, 0) is 9.59 Å². The zero-order valence-corrected chi connectivity index (χ0v) is 17.5. The summed E-state index contributed by atoms with van der Waals surface area (Å²) in [4.78, 5) is 25.9. The minimum Gasteiger partial charge on any atom is -0.396 e. The minimum atomic E-state index is -0.229. The predicted molar refractivity (Wildman–Crippen MR) is 105 cm³/mol. The molecule has 0 saturated heterocycles. The molecule has 3 aliphatic carbocycles.